The number of ketones is 1. The molecule has 0 aliphatic heterocycles. The lowest BCUT2D eigenvalue weighted by atomic mass is 10.0. The summed E-state index contributed by atoms with van der Waals surface area (Å²) in [5.74, 6) is 1.11. The molecule has 0 radical (unpaired) electrons. The third-order valence-electron chi connectivity index (χ3n) is 4.00. The number of rotatable bonds is 6. The highest BCUT2D eigenvalue weighted by atomic mass is 16.5. The number of ether oxygens (including phenoxy) is 3. The van der Waals surface area contributed by atoms with E-state index in [0.717, 1.165) is 0 Å². The zero-order valence-electron chi connectivity index (χ0n) is 15.0. The van der Waals surface area contributed by atoms with Gasteiger partial charge < -0.3 is 14.2 Å². The molecule has 0 heterocycles. The van der Waals surface area contributed by atoms with Gasteiger partial charge in [0.1, 0.15) is 17.2 Å². The van der Waals surface area contributed by atoms with E-state index in [1.54, 1.807) is 87.0 Å². The molecule has 0 saturated carbocycles. The third kappa shape index (κ3) is 4.33. The lowest BCUT2D eigenvalue weighted by Gasteiger charge is -2.07. The molecule has 5 heteroatoms. The first-order valence-corrected chi connectivity index (χ1v) is 8.26. The van der Waals surface area contributed by atoms with Gasteiger partial charge in [-0.1, -0.05) is 0 Å². The largest absolute Gasteiger partial charge is 0.497 e. The van der Waals surface area contributed by atoms with Gasteiger partial charge in [0, 0.05) is 11.1 Å². The molecular weight excluding hydrogens is 344 g/mol. The van der Waals surface area contributed by atoms with Crippen LogP contribution in [0.25, 0.3) is 0 Å². The molecule has 0 amide bonds. The second kappa shape index (κ2) is 8.19. The van der Waals surface area contributed by atoms with E-state index >= 15 is 0 Å². The monoisotopic (exact) mass is 362 g/mol. The number of carbonyl (C=O) groups is 2. The quantitative estimate of drug-likeness (QED) is 0.374. The van der Waals surface area contributed by atoms with Gasteiger partial charge >= 0.3 is 5.97 Å². The Labute approximate surface area is 157 Å². The van der Waals surface area contributed by atoms with Crippen molar-refractivity contribution < 1.29 is 23.8 Å². The van der Waals surface area contributed by atoms with Crippen LogP contribution in [0.3, 0.4) is 0 Å². The maximum Gasteiger partial charge on any atom is 0.343 e. The molecule has 0 unspecified atom stereocenters. The van der Waals surface area contributed by atoms with Crippen LogP contribution in [0, 0.1) is 0 Å². The normalized spacial score (nSPS) is 10.1. The van der Waals surface area contributed by atoms with E-state index in [1.165, 1.54) is 0 Å². The van der Waals surface area contributed by atoms with Crippen molar-refractivity contribution in [2.75, 3.05) is 14.2 Å². The summed E-state index contributed by atoms with van der Waals surface area (Å²) in [6.45, 7) is 0. The van der Waals surface area contributed by atoms with Gasteiger partial charge in [-0.25, -0.2) is 4.79 Å². The van der Waals surface area contributed by atoms with Gasteiger partial charge in [-0.15, -0.1) is 0 Å². The van der Waals surface area contributed by atoms with Crippen LogP contribution in [-0.2, 0) is 0 Å². The molecule has 0 aliphatic rings. The Balaban J connectivity index is 1.68. The Bertz CT molecular complexity index is 926. The third-order valence-corrected chi connectivity index (χ3v) is 4.00. The van der Waals surface area contributed by atoms with Crippen molar-refractivity contribution in [3.8, 4) is 17.2 Å². The van der Waals surface area contributed by atoms with Gasteiger partial charge in [-0.3, -0.25) is 4.79 Å². The summed E-state index contributed by atoms with van der Waals surface area (Å²) in [5, 5.41) is 0. The molecule has 0 spiro atoms. The number of carbonyl (C=O) groups excluding carboxylic acids is 2. The fraction of sp³-hybridized carbons (Fsp3) is 0.0909. The van der Waals surface area contributed by atoms with Crippen molar-refractivity contribution in [3.63, 3.8) is 0 Å². The van der Waals surface area contributed by atoms with Crippen molar-refractivity contribution in [1.82, 2.24) is 0 Å². The number of esters is 1. The molecule has 136 valence electrons. The van der Waals surface area contributed by atoms with E-state index in [1.807, 2.05) is 0 Å². The van der Waals surface area contributed by atoms with E-state index in [2.05, 4.69) is 0 Å². The fourth-order valence-electron chi connectivity index (χ4n) is 2.48. The summed E-state index contributed by atoms with van der Waals surface area (Å²) >= 11 is 0. The molecule has 0 aromatic heterocycles. The summed E-state index contributed by atoms with van der Waals surface area (Å²) in [7, 11) is 3.13. The zero-order valence-corrected chi connectivity index (χ0v) is 15.0. The molecule has 27 heavy (non-hydrogen) atoms. The van der Waals surface area contributed by atoms with Crippen LogP contribution in [0.5, 0.6) is 17.2 Å². The van der Waals surface area contributed by atoms with Crippen LogP contribution in [0.1, 0.15) is 26.3 Å². The molecule has 3 rings (SSSR count). The van der Waals surface area contributed by atoms with Gasteiger partial charge in [0.05, 0.1) is 19.8 Å². The van der Waals surface area contributed by atoms with E-state index in [4.69, 9.17) is 14.2 Å². The average molecular weight is 362 g/mol. The van der Waals surface area contributed by atoms with E-state index < -0.39 is 5.97 Å². The zero-order chi connectivity index (χ0) is 19.2. The lowest BCUT2D eigenvalue weighted by Crippen LogP contribution is -2.08. The minimum atomic E-state index is -0.480. The van der Waals surface area contributed by atoms with Gasteiger partial charge in [0.25, 0.3) is 0 Å². The van der Waals surface area contributed by atoms with E-state index in [0.29, 0.717) is 33.9 Å². The topological polar surface area (TPSA) is 61.8 Å². The smallest absolute Gasteiger partial charge is 0.343 e. The second-order valence-electron chi connectivity index (χ2n) is 5.70. The van der Waals surface area contributed by atoms with Gasteiger partial charge in [-0.2, -0.15) is 0 Å². The minimum absolute atomic E-state index is 0.120. The number of hydrogen-bond donors (Lipinski definition) is 0. The predicted octanol–water partition coefficient (Wildman–Crippen LogP) is 4.15. The predicted molar refractivity (Wildman–Crippen MR) is 101 cm³/mol. The van der Waals surface area contributed by atoms with Crippen LogP contribution in [-0.4, -0.2) is 26.0 Å². The van der Waals surface area contributed by atoms with E-state index in [9.17, 15) is 9.59 Å². The summed E-state index contributed by atoms with van der Waals surface area (Å²) < 4.78 is 15.5. The molecule has 3 aromatic carbocycles. The summed E-state index contributed by atoms with van der Waals surface area (Å²) in [5.41, 5.74) is 1.47. The Morgan fingerprint density at radius 3 is 1.33 bits per heavy atom. The van der Waals surface area contributed by atoms with Crippen LogP contribution >= 0.6 is 0 Å². The Hall–Kier alpha value is -3.60. The molecule has 3 aromatic rings. The molecule has 0 saturated heterocycles. The highest BCUT2D eigenvalue weighted by molar-refractivity contribution is 6.09. The van der Waals surface area contributed by atoms with Crippen molar-refractivity contribution in [3.05, 3.63) is 89.5 Å². The number of benzene rings is 3. The molecular formula is C22H18O5. The first-order valence-electron chi connectivity index (χ1n) is 8.26. The highest BCUT2D eigenvalue weighted by Crippen LogP contribution is 2.19. The standard InChI is InChI=1S/C22H18O5/c1-25-18-9-3-15(4-10-18)21(23)16-5-13-20(14-6-16)27-22(24)17-7-11-19(26-2)12-8-17/h3-14H,1-2H3. The molecule has 0 aliphatic carbocycles. The number of hydrogen-bond acceptors (Lipinski definition) is 5. The number of methoxy groups -OCH3 is 2. The first-order chi connectivity index (χ1) is 13.1. The minimum Gasteiger partial charge on any atom is -0.497 e. The lowest BCUT2D eigenvalue weighted by molar-refractivity contribution is 0.0734. The maximum absolute atomic E-state index is 12.5. The van der Waals surface area contributed by atoms with Crippen LogP contribution in [0.15, 0.2) is 72.8 Å². The molecule has 5 nitrogen and oxygen atoms in total. The molecule has 0 N–H and O–H groups in total. The fourth-order valence-corrected chi connectivity index (χ4v) is 2.48. The Morgan fingerprint density at radius 1 is 0.556 bits per heavy atom. The van der Waals surface area contributed by atoms with E-state index in [-0.39, 0.29) is 5.78 Å². The van der Waals surface area contributed by atoms with Crippen molar-refractivity contribution in [2.24, 2.45) is 0 Å². The first kappa shape index (κ1) is 18.2. The van der Waals surface area contributed by atoms with Gasteiger partial charge in [0.2, 0.25) is 0 Å². The van der Waals surface area contributed by atoms with Crippen LogP contribution in [0.2, 0.25) is 0 Å². The Morgan fingerprint density at radius 2 is 0.926 bits per heavy atom. The summed E-state index contributed by atoms with van der Waals surface area (Å²) in [6, 6.07) is 20.0. The van der Waals surface area contributed by atoms with Crippen LogP contribution < -0.4 is 14.2 Å². The molecule has 0 fully saturated rings. The van der Waals surface area contributed by atoms with Crippen LogP contribution in [0.4, 0.5) is 0 Å². The maximum atomic E-state index is 12.5. The Kier molecular flexibility index (Phi) is 5.52. The SMILES string of the molecule is COc1ccc(C(=O)Oc2ccc(C(=O)c3ccc(OC)cc3)cc2)cc1. The second-order valence-corrected chi connectivity index (χ2v) is 5.70. The molecule has 0 bridgehead atoms. The van der Waals surface area contributed by atoms with Gasteiger partial charge in [0.15, 0.2) is 5.78 Å². The van der Waals surface area contributed by atoms with Crippen molar-refractivity contribution >= 4 is 11.8 Å². The molecule has 0 atom stereocenters. The average Bonchev–Trinajstić information content (AvgIpc) is 2.74. The summed E-state index contributed by atoms with van der Waals surface area (Å²) in [4.78, 5) is 24.7. The van der Waals surface area contributed by atoms with Crippen molar-refractivity contribution in [2.45, 2.75) is 0 Å². The van der Waals surface area contributed by atoms with Crippen molar-refractivity contribution in [1.29, 1.82) is 0 Å². The van der Waals surface area contributed by atoms with Gasteiger partial charge in [-0.05, 0) is 72.8 Å². The summed E-state index contributed by atoms with van der Waals surface area (Å²) in [6.07, 6.45) is 0. The highest BCUT2D eigenvalue weighted by Gasteiger charge is 2.12.